The zero-order chi connectivity index (χ0) is 12.5. The van der Waals surface area contributed by atoms with E-state index in [9.17, 15) is 4.79 Å². The Morgan fingerprint density at radius 3 is 3.00 bits per heavy atom. The molecular weight excluding hydrogens is 270 g/mol. The van der Waals surface area contributed by atoms with E-state index in [4.69, 9.17) is 9.47 Å². The van der Waals surface area contributed by atoms with Crippen LogP contribution in [0.2, 0.25) is 0 Å². The maximum atomic E-state index is 11.6. The van der Waals surface area contributed by atoms with Crippen LogP contribution in [0, 0.1) is 0 Å². The molecule has 0 fully saturated rings. The van der Waals surface area contributed by atoms with Crippen molar-refractivity contribution >= 4 is 39.9 Å². The van der Waals surface area contributed by atoms with Crippen molar-refractivity contribution in [3.8, 4) is 11.5 Å². The summed E-state index contributed by atoms with van der Waals surface area (Å²) < 4.78 is 11.3. The molecule has 1 amide bonds. The topological polar surface area (TPSA) is 47.9 Å². The van der Waals surface area contributed by atoms with E-state index >= 15 is 0 Å². The van der Waals surface area contributed by atoms with Crippen molar-refractivity contribution in [3.05, 3.63) is 28.7 Å². The first-order chi connectivity index (χ1) is 8.76. The molecule has 0 N–H and O–H groups in total. The van der Waals surface area contributed by atoms with Crippen LogP contribution in [0.1, 0.15) is 5.56 Å². The average Bonchev–Trinajstić information content (AvgIpc) is 2.96. The number of benzene rings is 1. The molecule has 3 rings (SSSR count). The van der Waals surface area contributed by atoms with Crippen LogP contribution in [-0.4, -0.2) is 23.3 Å². The fourth-order valence-corrected chi connectivity index (χ4v) is 3.05. The van der Waals surface area contributed by atoms with Crippen LogP contribution in [0.25, 0.3) is 6.08 Å². The van der Waals surface area contributed by atoms with Gasteiger partial charge >= 0.3 is 0 Å². The van der Waals surface area contributed by atoms with E-state index < -0.39 is 0 Å². The molecule has 18 heavy (non-hydrogen) atoms. The molecule has 0 saturated heterocycles. The van der Waals surface area contributed by atoms with E-state index in [2.05, 4.69) is 4.99 Å². The van der Waals surface area contributed by atoms with Gasteiger partial charge in [0.2, 0.25) is 6.79 Å². The van der Waals surface area contributed by atoms with Crippen LogP contribution in [0.4, 0.5) is 0 Å². The summed E-state index contributed by atoms with van der Waals surface area (Å²) in [6, 6.07) is 5.60. The highest BCUT2D eigenvalue weighted by atomic mass is 32.2. The largest absolute Gasteiger partial charge is 0.454 e. The third-order valence-corrected chi connectivity index (χ3v) is 4.44. The first-order valence-corrected chi connectivity index (χ1v) is 7.26. The number of rotatable bonds is 1. The molecule has 0 unspecified atom stereocenters. The molecule has 0 atom stereocenters. The number of nitrogens with zero attached hydrogens (tertiary/aromatic N) is 1. The molecule has 2 aliphatic rings. The number of aliphatic imine (C=N–C) groups is 1. The monoisotopic (exact) mass is 279 g/mol. The number of ether oxygens (including phenoxy) is 2. The van der Waals surface area contributed by atoms with Gasteiger partial charge in [-0.2, -0.15) is 4.99 Å². The predicted octanol–water partition coefficient (Wildman–Crippen LogP) is 2.75. The maximum Gasteiger partial charge on any atom is 0.285 e. The van der Waals surface area contributed by atoms with Crippen LogP contribution in [0.5, 0.6) is 11.5 Å². The standard InChI is InChI=1S/C12H9NO3S2/c1-17-12-13-11(14)10(18-12)5-7-2-3-8-9(4-7)16-6-15-8/h2-5H,6H2,1H3/b10-5+. The van der Waals surface area contributed by atoms with Crippen LogP contribution >= 0.6 is 23.5 Å². The minimum Gasteiger partial charge on any atom is -0.454 e. The van der Waals surface area contributed by atoms with Crippen molar-refractivity contribution in [2.75, 3.05) is 13.0 Å². The van der Waals surface area contributed by atoms with Crippen molar-refractivity contribution in [2.24, 2.45) is 4.99 Å². The van der Waals surface area contributed by atoms with Gasteiger partial charge in [0.1, 0.15) is 4.38 Å². The molecule has 0 aromatic heterocycles. The molecule has 0 radical (unpaired) electrons. The van der Waals surface area contributed by atoms with Crippen molar-refractivity contribution in [1.82, 2.24) is 0 Å². The lowest BCUT2D eigenvalue weighted by Crippen LogP contribution is -1.92. The van der Waals surface area contributed by atoms with Crippen molar-refractivity contribution in [2.45, 2.75) is 0 Å². The van der Waals surface area contributed by atoms with E-state index in [1.54, 1.807) is 0 Å². The van der Waals surface area contributed by atoms with Gasteiger partial charge in [-0.3, -0.25) is 4.79 Å². The van der Waals surface area contributed by atoms with E-state index in [0.717, 1.165) is 15.7 Å². The fraction of sp³-hybridized carbons (Fsp3) is 0.167. The molecule has 2 aliphatic heterocycles. The highest BCUT2D eigenvalue weighted by Crippen LogP contribution is 2.36. The molecule has 2 heterocycles. The molecule has 0 spiro atoms. The third-order valence-electron chi connectivity index (χ3n) is 2.47. The van der Waals surface area contributed by atoms with Gasteiger partial charge in [-0.05, 0) is 30.0 Å². The summed E-state index contributed by atoms with van der Waals surface area (Å²) >= 11 is 2.88. The number of carbonyl (C=O) groups is 1. The molecule has 1 aromatic rings. The molecule has 92 valence electrons. The second-order valence-electron chi connectivity index (χ2n) is 3.61. The Kier molecular flexibility index (Phi) is 3.05. The molecule has 0 bridgehead atoms. The van der Waals surface area contributed by atoms with Crippen molar-refractivity contribution in [3.63, 3.8) is 0 Å². The second kappa shape index (κ2) is 4.70. The number of thioether (sulfide) groups is 2. The summed E-state index contributed by atoms with van der Waals surface area (Å²) in [6.07, 6.45) is 3.73. The molecule has 4 nitrogen and oxygen atoms in total. The minimum atomic E-state index is -0.179. The van der Waals surface area contributed by atoms with E-state index in [1.165, 1.54) is 23.5 Å². The van der Waals surface area contributed by atoms with Crippen molar-refractivity contribution in [1.29, 1.82) is 0 Å². The van der Waals surface area contributed by atoms with Crippen LogP contribution in [-0.2, 0) is 4.79 Å². The summed E-state index contributed by atoms with van der Waals surface area (Å²) in [5.74, 6) is 1.27. The van der Waals surface area contributed by atoms with Gasteiger partial charge in [-0.25, -0.2) is 0 Å². The maximum absolute atomic E-state index is 11.6. The Labute approximate surface area is 112 Å². The van der Waals surface area contributed by atoms with Gasteiger partial charge < -0.3 is 9.47 Å². The van der Waals surface area contributed by atoms with Crippen LogP contribution in [0.15, 0.2) is 28.1 Å². The van der Waals surface area contributed by atoms with E-state index in [1.807, 2.05) is 30.5 Å². The lowest BCUT2D eigenvalue weighted by Gasteiger charge is -1.99. The van der Waals surface area contributed by atoms with Gasteiger partial charge in [-0.15, -0.1) is 11.8 Å². The summed E-state index contributed by atoms with van der Waals surface area (Å²) in [6.45, 7) is 0.253. The zero-order valence-electron chi connectivity index (χ0n) is 9.50. The molecular formula is C12H9NO3S2. The highest BCUT2D eigenvalue weighted by molar-refractivity contribution is 8.40. The Balaban J connectivity index is 1.87. The summed E-state index contributed by atoms with van der Waals surface area (Å²) in [5.41, 5.74) is 0.910. The predicted molar refractivity (Wildman–Crippen MR) is 74.1 cm³/mol. The molecule has 6 heteroatoms. The van der Waals surface area contributed by atoms with Crippen LogP contribution in [0.3, 0.4) is 0 Å². The van der Waals surface area contributed by atoms with Gasteiger partial charge in [0, 0.05) is 0 Å². The number of amides is 1. The normalized spacial score (nSPS) is 19.5. The quantitative estimate of drug-likeness (QED) is 0.740. The van der Waals surface area contributed by atoms with Crippen LogP contribution < -0.4 is 9.47 Å². The minimum absolute atomic E-state index is 0.179. The van der Waals surface area contributed by atoms with E-state index in [-0.39, 0.29) is 12.7 Å². The Hall–Kier alpha value is -1.40. The Morgan fingerprint density at radius 1 is 1.39 bits per heavy atom. The Bertz CT molecular complexity index is 581. The number of hydrogen-bond acceptors (Lipinski definition) is 5. The molecule has 1 aromatic carbocycles. The highest BCUT2D eigenvalue weighted by Gasteiger charge is 2.21. The first-order valence-electron chi connectivity index (χ1n) is 5.22. The number of hydrogen-bond donors (Lipinski definition) is 0. The van der Waals surface area contributed by atoms with Gasteiger partial charge in [0.15, 0.2) is 11.5 Å². The molecule has 0 saturated carbocycles. The van der Waals surface area contributed by atoms with E-state index in [0.29, 0.717) is 10.7 Å². The van der Waals surface area contributed by atoms with Gasteiger partial charge in [0.25, 0.3) is 5.91 Å². The SMILES string of the molecule is CSC1=NC(=O)/C(=C\c2ccc3c(c2)OCO3)S1. The summed E-state index contributed by atoms with van der Waals surface area (Å²) in [5, 5.41) is 0. The lowest BCUT2D eigenvalue weighted by molar-refractivity contribution is -0.113. The number of fused-ring (bicyclic) bond motifs is 1. The smallest absolute Gasteiger partial charge is 0.285 e. The molecule has 0 aliphatic carbocycles. The lowest BCUT2D eigenvalue weighted by atomic mass is 10.2. The summed E-state index contributed by atoms with van der Waals surface area (Å²) in [7, 11) is 0. The van der Waals surface area contributed by atoms with Gasteiger partial charge in [-0.1, -0.05) is 17.8 Å². The first kappa shape index (κ1) is 11.7. The zero-order valence-corrected chi connectivity index (χ0v) is 11.1. The fourth-order valence-electron chi connectivity index (χ4n) is 1.63. The second-order valence-corrected chi connectivity index (χ2v) is 5.69. The third kappa shape index (κ3) is 2.13. The Morgan fingerprint density at radius 2 is 2.22 bits per heavy atom. The average molecular weight is 279 g/mol. The van der Waals surface area contributed by atoms with Gasteiger partial charge in [0.05, 0.1) is 4.91 Å². The number of carbonyl (C=O) groups excluding carboxylic acids is 1. The van der Waals surface area contributed by atoms with Crippen molar-refractivity contribution < 1.29 is 14.3 Å². The summed E-state index contributed by atoms with van der Waals surface area (Å²) in [4.78, 5) is 16.2.